The third-order valence-corrected chi connectivity index (χ3v) is 3.54. The van der Waals surface area contributed by atoms with Gasteiger partial charge < -0.3 is 25.2 Å². The fraction of sp³-hybridized carbons (Fsp3) is 0.235. The van der Waals surface area contributed by atoms with E-state index in [9.17, 15) is 5.11 Å². The lowest BCUT2D eigenvalue weighted by atomic mass is 10.1. The molecule has 0 amide bonds. The molecule has 0 heterocycles. The molecule has 1 atom stereocenters. The summed E-state index contributed by atoms with van der Waals surface area (Å²) < 4.78 is 10.5. The lowest BCUT2D eigenvalue weighted by Gasteiger charge is -2.16. The van der Waals surface area contributed by atoms with Gasteiger partial charge in [0.05, 0.1) is 26.0 Å². The van der Waals surface area contributed by atoms with Gasteiger partial charge >= 0.3 is 0 Å². The molecule has 0 aliphatic rings. The first-order valence-corrected chi connectivity index (χ1v) is 7.54. The van der Waals surface area contributed by atoms with Gasteiger partial charge in [0.25, 0.3) is 0 Å². The number of benzene rings is 2. The number of hydrogen-bond donors (Lipinski definition) is 3. The second-order valence-electron chi connectivity index (χ2n) is 4.83. The van der Waals surface area contributed by atoms with Crippen LogP contribution in [0, 0.1) is 0 Å². The van der Waals surface area contributed by atoms with E-state index in [1.807, 2.05) is 42.5 Å². The SMILES string of the molecule is COc1ccc(NC(=S)NC[C@@H](O)c2ccccc2)c(OC)c1. The Balaban J connectivity index is 1.92. The summed E-state index contributed by atoms with van der Waals surface area (Å²) in [5.41, 5.74) is 1.56. The predicted octanol–water partition coefficient (Wildman–Crippen LogP) is 2.72. The molecule has 0 aliphatic heterocycles. The monoisotopic (exact) mass is 332 g/mol. The highest BCUT2D eigenvalue weighted by atomic mass is 32.1. The predicted molar refractivity (Wildman–Crippen MR) is 95.2 cm³/mol. The largest absolute Gasteiger partial charge is 0.497 e. The van der Waals surface area contributed by atoms with Crippen LogP contribution < -0.4 is 20.1 Å². The Bertz CT molecular complexity index is 650. The molecule has 0 aliphatic carbocycles. The third kappa shape index (κ3) is 4.84. The summed E-state index contributed by atoms with van der Waals surface area (Å²) in [4.78, 5) is 0. The van der Waals surface area contributed by atoms with E-state index in [1.54, 1.807) is 20.3 Å². The smallest absolute Gasteiger partial charge is 0.170 e. The van der Waals surface area contributed by atoms with Crippen molar-refractivity contribution in [2.75, 3.05) is 26.1 Å². The molecule has 0 spiro atoms. The fourth-order valence-electron chi connectivity index (χ4n) is 2.05. The van der Waals surface area contributed by atoms with Crippen molar-refractivity contribution < 1.29 is 14.6 Å². The number of nitrogens with one attached hydrogen (secondary N) is 2. The van der Waals surface area contributed by atoms with Crippen molar-refractivity contribution in [3.05, 3.63) is 54.1 Å². The van der Waals surface area contributed by atoms with Crippen LogP contribution in [0.15, 0.2) is 48.5 Å². The molecule has 2 rings (SSSR count). The molecule has 5 nitrogen and oxygen atoms in total. The highest BCUT2D eigenvalue weighted by molar-refractivity contribution is 7.80. The number of hydrogen-bond acceptors (Lipinski definition) is 4. The minimum atomic E-state index is -0.631. The Hall–Kier alpha value is -2.31. The van der Waals surface area contributed by atoms with E-state index in [0.29, 0.717) is 23.2 Å². The van der Waals surface area contributed by atoms with Crippen molar-refractivity contribution in [2.45, 2.75) is 6.10 Å². The van der Waals surface area contributed by atoms with Crippen LogP contribution in [-0.2, 0) is 0 Å². The van der Waals surface area contributed by atoms with Crippen molar-refractivity contribution in [1.82, 2.24) is 5.32 Å². The van der Waals surface area contributed by atoms with Crippen LogP contribution in [0.2, 0.25) is 0 Å². The first kappa shape index (κ1) is 17.1. The Morgan fingerprint density at radius 1 is 1.13 bits per heavy atom. The van der Waals surface area contributed by atoms with E-state index in [1.165, 1.54) is 0 Å². The van der Waals surface area contributed by atoms with E-state index in [-0.39, 0.29) is 0 Å². The molecule has 23 heavy (non-hydrogen) atoms. The number of thiocarbonyl (C=S) groups is 1. The number of aliphatic hydroxyl groups is 1. The quantitative estimate of drug-likeness (QED) is 0.707. The highest BCUT2D eigenvalue weighted by Gasteiger charge is 2.09. The first-order chi connectivity index (χ1) is 11.1. The van der Waals surface area contributed by atoms with Gasteiger partial charge in [0.2, 0.25) is 0 Å². The minimum absolute atomic E-state index is 0.314. The molecule has 0 radical (unpaired) electrons. The zero-order chi connectivity index (χ0) is 16.7. The molecule has 0 fully saturated rings. The van der Waals surface area contributed by atoms with Crippen molar-refractivity contribution in [3.63, 3.8) is 0 Å². The van der Waals surface area contributed by atoms with E-state index < -0.39 is 6.10 Å². The molecule has 0 saturated heterocycles. The molecule has 0 bridgehead atoms. The van der Waals surface area contributed by atoms with Crippen molar-refractivity contribution >= 4 is 23.0 Å². The second-order valence-corrected chi connectivity index (χ2v) is 5.24. The van der Waals surface area contributed by atoms with E-state index in [2.05, 4.69) is 10.6 Å². The number of aliphatic hydroxyl groups excluding tert-OH is 1. The molecule has 2 aromatic carbocycles. The van der Waals surface area contributed by atoms with Crippen LogP contribution in [0.1, 0.15) is 11.7 Å². The fourth-order valence-corrected chi connectivity index (χ4v) is 2.24. The molecule has 3 N–H and O–H groups in total. The maximum atomic E-state index is 10.1. The zero-order valence-electron chi connectivity index (χ0n) is 13.1. The molecule has 122 valence electrons. The van der Waals surface area contributed by atoms with Gasteiger partial charge in [-0.05, 0) is 29.9 Å². The highest BCUT2D eigenvalue weighted by Crippen LogP contribution is 2.28. The standard InChI is InChI=1S/C17H20N2O3S/c1-21-13-8-9-14(16(10-13)22-2)19-17(23)18-11-15(20)12-6-4-3-5-7-12/h3-10,15,20H,11H2,1-2H3,(H2,18,19,23)/t15-/m1/s1. The van der Waals surface area contributed by atoms with Crippen LogP contribution in [0.25, 0.3) is 0 Å². The average Bonchev–Trinajstić information content (AvgIpc) is 2.60. The maximum absolute atomic E-state index is 10.1. The number of rotatable bonds is 6. The molecular weight excluding hydrogens is 312 g/mol. The summed E-state index contributed by atoms with van der Waals surface area (Å²) in [5.74, 6) is 1.32. The molecule has 0 aromatic heterocycles. The van der Waals surface area contributed by atoms with Crippen LogP contribution in [0.5, 0.6) is 11.5 Å². The van der Waals surface area contributed by atoms with Gasteiger partial charge in [0.15, 0.2) is 5.11 Å². The Morgan fingerprint density at radius 2 is 1.87 bits per heavy atom. The number of methoxy groups -OCH3 is 2. The van der Waals surface area contributed by atoms with Crippen LogP contribution in [0.3, 0.4) is 0 Å². The van der Waals surface area contributed by atoms with Gasteiger partial charge in [-0.1, -0.05) is 30.3 Å². The average molecular weight is 332 g/mol. The number of ether oxygens (including phenoxy) is 2. The lowest BCUT2D eigenvalue weighted by Crippen LogP contribution is -2.32. The third-order valence-electron chi connectivity index (χ3n) is 3.30. The van der Waals surface area contributed by atoms with Gasteiger partial charge in [0, 0.05) is 12.6 Å². The summed E-state index contributed by atoms with van der Waals surface area (Å²) in [6, 6.07) is 14.8. The Morgan fingerprint density at radius 3 is 2.52 bits per heavy atom. The summed E-state index contributed by atoms with van der Waals surface area (Å²) in [6.45, 7) is 0.314. The van der Waals surface area contributed by atoms with Crippen molar-refractivity contribution in [2.24, 2.45) is 0 Å². The summed E-state index contributed by atoms with van der Waals surface area (Å²) in [6.07, 6.45) is -0.631. The Kier molecular flexibility index (Phi) is 6.19. The summed E-state index contributed by atoms with van der Waals surface area (Å²) >= 11 is 5.25. The second kappa shape index (κ2) is 8.36. The van der Waals surface area contributed by atoms with E-state index in [0.717, 1.165) is 11.3 Å². The first-order valence-electron chi connectivity index (χ1n) is 7.14. The van der Waals surface area contributed by atoms with Gasteiger partial charge in [-0.25, -0.2) is 0 Å². The van der Waals surface area contributed by atoms with Crippen LogP contribution in [-0.4, -0.2) is 31.0 Å². The normalized spacial score (nSPS) is 11.4. The molecule has 6 heteroatoms. The maximum Gasteiger partial charge on any atom is 0.170 e. The van der Waals surface area contributed by atoms with Gasteiger partial charge in [-0.3, -0.25) is 0 Å². The van der Waals surface area contributed by atoms with Gasteiger partial charge in [0.1, 0.15) is 11.5 Å². The van der Waals surface area contributed by atoms with Crippen LogP contribution >= 0.6 is 12.2 Å². The Labute approximate surface area is 141 Å². The molecule has 0 saturated carbocycles. The number of anilines is 1. The zero-order valence-corrected chi connectivity index (χ0v) is 13.9. The van der Waals surface area contributed by atoms with Crippen LogP contribution in [0.4, 0.5) is 5.69 Å². The molecule has 0 unspecified atom stereocenters. The summed E-state index contributed by atoms with van der Waals surface area (Å²) in [7, 11) is 3.18. The lowest BCUT2D eigenvalue weighted by molar-refractivity contribution is 0.181. The minimum Gasteiger partial charge on any atom is -0.497 e. The van der Waals surface area contributed by atoms with E-state index >= 15 is 0 Å². The topological polar surface area (TPSA) is 62.8 Å². The summed E-state index contributed by atoms with van der Waals surface area (Å²) in [5, 5.41) is 16.6. The van der Waals surface area contributed by atoms with E-state index in [4.69, 9.17) is 21.7 Å². The van der Waals surface area contributed by atoms with Crippen molar-refractivity contribution in [1.29, 1.82) is 0 Å². The van der Waals surface area contributed by atoms with Gasteiger partial charge in [-0.15, -0.1) is 0 Å². The molecular formula is C17H20N2O3S. The van der Waals surface area contributed by atoms with Crippen molar-refractivity contribution in [3.8, 4) is 11.5 Å². The molecule has 2 aromatic rings. The van der Waals surface area contributed by atoms with Gasteiger partial charge in [-0.2, -0.15) is 0 Å².